The number of halogens is 1. The third kappa shape index (κ3) is 4.69. The van der Waals surface area contributed by atoms with Gasteiger partial charge in [-0.2, -0.15) is 0 Å². The molecule has 2 aromatic rings. The number of nitrogens with two attached hydrogens (primary N) is 1. The zero-order valence-electron chi connectivity index (χ0n) is 14.3. The zero-order chi connectivity index (χ0) is 18.1. The Bertz CT molecular complexity index is 952. The van der Waals surface area contributed by atoms with E-state index in [4.69, 9.17) is 5.73 Å². The first kappa shape index (κ1) is 21.4. The Hall–Kier alpha value is -1.68. The van der Waals surface area contributed by atoms with Crippen LogP contribution in [-0.2, 0) is 10.0 Å². The van der Waals surface area contributed by atoms with Gasteiger partial charge in [0.1, 0.15) is 0 Å². The van der Waals surface area contributed by atoms with Crippen LogP contribution in [0.2, 0.25) is 0 Å². The van der Waals surface area contributed by atoms with E-state index >= 15 is 0 Å². The van der Waals surface area contributed by atoms with E-state index in [1.807, 2.05) is 13.8 Å². The van der Waals surface area contributed by atoms with Crippen molar-refractivity contribution in [1.29, 1.82) is 0 Å². The molecule has 0 amide bonds. The average molecular weight is 391 g/mol. The Balaban J connectivity index is 0.00000312. The molecular formula is C15H23ClN4O4S. The largest absolute Gasteiger partial charge is 0.327 e. The maximum absolute atomic E-state index is 12.6. The highest BCUT2D eigenvalue weighted by molar-refractivity contribution is 7.89. The summed E-state index contributed by atoms with van der Waals surface area (Å²) in [6.07, 6.45) is 0.537. The minimum absolute atomic E-state index is 0. The van der Waals surface area contributed by atoms with Crippen molar-refractivity contribution in [3.63, 3.8) is 0 Å². The monoisotopic (exact) mass is 390 g/mol. The molecule has 0 spiro atoms. The van der Waals surface area contributed by atoms with Crippen LogP contribution in [-0.4, -0.2) is 42.3 Å². The highest BCUT2D eigenvalue weighted by Crippen LogP contribution is 2.18. The van der Waals surface area contributed by atoms with Crippen LogP contribution in [0.4, 0.5) is 0 Å². The average Bonchev–Trinajstić information content (AvgIpc) is 2.51. The molecule has 0 aliphatic carbocycles. The quantitative estimate of drug-likeness (QED) is 0.666. The third-order valence-electron chi connectivity index (χ3n) is 4.05. The molecule has 140 valence electrons. The zero-order valence-corrected chi connectivity index (χ0v) is 15.9. The van der Waals surface area contributed by atoms with E-state index in [9.17, 15) is 18.0 Å². The summed E-state index contributed by atoms with van der Waals surface area (Å²) < 4.78 is 26.5. The number of sulfonamides is 1. The van der Waals surface area contributed by atoms with E-state index in [1.165, 1.54) is 29.6 Å². The van der Waals surface area contributed by atoms with Crippen LogP contribution in [0.1, 0.15) is 20.3 Å². The minimum atomic E-state index is -3.75. The van der Waals surface area contributed by atoms with Gasteiger partial charge in [-0.15, -0.1) is 12.4 Å². The van der Waals surface area contributed by atoms with Crippen molar-refractivity contribution >= 4 is 33.3 Å². The maximum atomic E-state index is 12.6. The molecule has 0 bridgehead atoms. The van der Waals surface area contributed by atoms with Crippen LogP contribution in [0.3, 0.4) is 0 Å². The molecule has 8 nitrogen and oxygen atoms in total. The number of hydrogen-bond donors (Lipinski definition) is 3. The van der Waals surface area contributed by atoms with Crippen molar-refractivity contribution in [2.75, 3.05) is 13.6 Å². The Morgan fingerprint density at radius 2 is 1.84 bits per heavy atom. The normalized spacial score (nSPS) is 13.2. The van der Waals surface area contributed by atoms with Gasteiger partial charge in [0.15, 0.2) is 0 Å². The highest BCUT2D eigenvalue weighted by atomic mass is 35.5. The van der Waals surface area contributed by atoms with Crippen molar-refractivity contribution in [3.05, 3.63) is 39.0 Å². The lowest BCUT2D eigenvalue weighted by Gasteiger charge is -2.21. The Labute approximate surface area is 151 Å². The van der Waals surface area contributed by atoms with Crippen LogP contribution in [0, 0.1) is 5.92 Å². The molecule has 10 heteroatoms. The first-order chi connectivity index (χ1) is 11.1. The fourth-order valence-electron chi connectivity index (χ4n) is 2.27. The van der Waals surface area contributed by atoms with E-state index in [0.29, 0.717) is 6.42 Å². The summed E-state index contributed by atoms with van der Waals surface area (Å²) in [5, 5.41) is 0.114. The van der Waals surface area contributed by atoms with E-state index < -0.39 is 21.3 Å². The fraction of sp³-hybridized carbons (Fsp3) is 0.467. The van der Waals surface area contributed by atoms with Gasteiger partial charge in [0.2, 0.25) is 10.0 Å². The lowest BCUT2D eigenvalue weighted by Crippen LogP contribution is -2.34. The lowest BCUT2D eigenvalue weighted by atomic mass is 10.0. The second-order valence-electron chi connectivity index (χ2n) is 6.14. The molecule has 0 radical (unpaired) electrons. The molecule has 1 unspecified atom stereocenters. The molecule has 25 heavy (non-hydrogen) atoms. The van der Waals surface area contributed by atoms with Crippen molar-refractivity contribution in [2.45, 2.75) is 31.2 Å². The van der Waals surface area contributed by atoms with Crippen LogP contribution < -0.4 is 17.0 Å². The van der Waals surface area contributed by atoms with Gasteiger partial charge in [0, 0.05) is 19.6 Å². The van der Waals surface area contributed by atoms with Gasteiger partial charge in [-0.05, 0) is 30.5 Å². The number of benzene rings is 1. The van der Waals surface area contributed by atoms with Crippen LogP contribution in [0.5, 0.6) is 0 Å². The van der Waals surface area contributed by atoms with E-state index in [1.54, 1.807) is 0 Å². The molecule has 0 saturated heterocycles. The van der Waals surface area contributed by atoms with Gasteiger partial charge in [0.25, 0.3) is 5.56 Å². The van der Waals surface area contributed by atoms with Gasteiger partial charge in [-0.1, -0.05) is 13.8 Å². The lowest BCUT2D eigenvalue weighted by molar-refractivity contribution is 0.397. The van der Waals surface area contributed by atoms with Gasteiger partial charge < -0.3 is 10.7 Å². The molecule has 1 aromatic carbocycles. The van der Waals surface area contributed by atoms with Crippen molar-refractivity contribution in [1.82, 2.24) is 14.3 Å². The maximum Gasteiger partial charge on any atom is 0.326 e. The summed E-state index contributed by atoms with van der Waals surface area (Å²) in [5.74, 6) is 0.261. The number of aromatic amines is 2. The second kappa shape index (κ2) is 8.13. The molecule has 1 aromatic heterocycles. The van der Waals surface area contributed by atoms with E-state index in [0.717, 1.165) is 0 Å². The van der Waals surface area contributed by atoms with Crippen molar-refractivity contribution in [3.8, 4) is 0 Å². The first-order valence-electron chi connectivity index (χ1n) is 7.61. The van der Waals surface area contributed by atoms with Gasteiger partial charge >= 0.3 is 5.69 Å². The summed E-state index contributed by atoms with van der Waals surface area (Å²) >= 11 is 0. The summed E-state index contributed by atoms with van der Waals surface area (Å²) in [5.41, 5.74) is 4.97. The number of aromatic nitrogens is 2. The van der Waals surface area contributed by atoms with E-state index in [2.05, 4.69) is 9.97 Å². The molecule has 0 aliphatic rings. The molecule has 1 atom stereocenters. The van der Waals surface area contributed by atoms with Gasteiger partial charge in [0.05, 0.1) is 15.8 Å². The number of rotatable bonds is 6. The molecule has 2 rings (SSSR count). The summed E-state index contributed by atoms with van der Waals surface area (Å²) in [6.45, 7) is 4.24. The van der Waals surface area contributed by atoms with Gasteiger partial charge in [-0.3, -0.25) is 9.78 Å². The minimum Gasteiger partial charge on any atom is -0.327 e. The van der Waals surface area contributed by atoms with Crippen molar-refractivity contribution < 1.29 is 8.42 Å². The number of H-pyrrole nitrogens is 2. The SMILES string of the molecule is CC(C)C(N)CCN(C)S(=O)(=O)c1ccc2[nH]c(=O)[nH]c(=O)c2c1.Cl. The molecule has 0 saturated carbocycles. The van der Waals surface area contributed by atoms with E-state index in [-0.39, 0.29) is 46.7 Å². The predicted octanol–water partition coefficient (Wildman–Crippen LogP) is 0.632. The smallest absolute Gasteiger partial charge is 0.326 e. The summed E-state index contributed by atoms with van der Waals surface area (Å²) in [4.78, 5) is 27.6. The molecular weight excluding hydrogens is 368 g/mol. The Kier molecular flexibility index (Phi) is 6.95. The fourth-order valence-corrected chi connectivity index (χ4v) is 3.48. The first-order valence-corrected chi connectivity index (χ1v) is 9.05. The molecule has 0 fully saturated rings. The topological polar surface area (TPSA) is 129 Å². The summed E-state index contributed by atoms with van der Waals surface area (Å²) in [6, 6.07) is 3.95. The number of hydrogen-bond acceptors (Lipinski definition) is 5. The standard InChI is InChI=1S/C15H22N4O4S.ClH/c1-9(2)12(16)6-7-19(3)24(22,23)10-4-5-13-11(8-10)14(20)18-15(21)17-13;/h4-5,8-9,12H,6-7,16H2,1-3H3,(H2,17,18,20,21);1H. The van der Waals surface area contributed by atoms with Crippen LogP contribution in [0.15, 0.2) is 32.7 Å². The van der Waals surface area contributed by atoms with Crippen LogP contribution in [0.25, 0.3) is 10.9 Å². The van der Waals surface area contributed by atoms with Crippen molar-refractivity contribution in [2.24, 2.45) is 11.7 Å². The van der Waals surface area contributed by atoms with Crippen LogP contribution >= 0.6 is 12.4 Å². The number of nitrogens with one attached hydrogen (secondary N) is 2. The van der Waals surface area contributed by atoms with Gasteiger partial charge in [-0.25, -0.2) is 17.5 Å². The highest BCUT2D eigenvalue weighted by Gasteiger charge is 2.22. The molecule has 0 aliphatic heterocycles. The second-order valence-corrected chi connectivity index (χ2v) is 8.18. The number of nitrogens with zero attached hydrogens (tertiary/aromatic N) is 1. The third-order valence-corrected chi connectivity index (χ3v) is 5.91. The predicted molar refractivity (Wildman–Crippen MR) is 99.7 cm³/mol. The Morgan fingerprint density at radius 3 is 2.44 bits per heavy atom. The Morgan fingerprint density at radius 1 is 1.20 bits per heavy atom. The molecule has 1 heterocycles. The summed E-state index contributed by atoms with van der Waals surface area (Å²) in [7, 11) is -2.27. The molecule has 4 N–H and O–H groups in total. The number of fused-ring (bicyclic) bond motifs is 1.